The quantitative estimate of drug-likeness (QED) is 0.332. The van der Waals surface area contributed by atoms with Crippen LogP contribution in [0.15, 0.2) is 0 Å². The first kappa shape index (κ1) is 20.9. The van der Waals surface area contributed by atoms with E-state index in [2.05, 4.69) is 12.2 Å². The van der Waals surface area contributed by atoms with E-state index in [9.17, 15) is 9.59 Å². The summed E-state index contributed by atoms with van der Waals surface area (Å²) < 4.78 is 5.28. The summed E-state index contributed by atoms with van der Waals surface area (Å²) in [6.45, 7) is 3.61. The van der Waals surface area contributed by atoms with Crippen molar-refractivity contribution in [2.75, 3.05) is 19.7 Å². The Morgan fingerprint density at radius 1 is 1.00 bits per heavy atom. The van der Waals surface area contributed by atoms with E-state index in [1.54, 1.807) is 0 Å². The fourth-order valence-corrected chi connectivity index (χ4v) is 2.07. The number of carbonyl (C=O) groups excluding carboxylic acids is 2. The van der Waals surface area contributed by atoms with Gasteiger partial charge in [0.05, 0.1) is 6.61 Å². The van der Waals surface area contributed by atoms with Crippen LogP contribution in [0.2, 0.25) is 0 Å². The highest BCUT2D eigenvalue weighted by molar-refractivity contribution is 5.84. The van der Waals surface area contributed by atoms with Gasteiger partial charge in [-0.25, -0.2) is 4.79 Å². The van der Waals surface area contributed by atoms with Gasteiger partial charge in [-0.2, -0.15) is 0 Å². The van der Waals surface area contributed by atoms with E-state index in [0.29, 0.717) is 39.0 Å². The molecule has 0 unspecified atom stereocenters. The molecule has 0 bridgehead atoms. The van der Waals surface area contributed by atoms with Crippen molar-refractivity contribution in [1.29, 1.82) is 0 Å². The van der Waals surface area contributed by atoms with Crippen LogP contribution in [0, 0.1) is 0 Å². The smallest absolute Gasteiger partial charge is 0.328 e. The molecule has 22 heavy (non-hydrogen) atoms. The van der Waals surface area contributed by atoms with Gasteiger partial charge >= 0.3 is 5.97 Å². The SMILES string of the molecule is CCCCCCOC(=O)[C@H](CCCCN)NC(=O)CCCN. The Labute approximate surface area is 134 Å². The van der Waals surface area contributed by atoms with Crippen LogP contribution in [0.3, 0.4) is 0 Å². The van der Waals surface area contributed by atoms with Crippen LogP contribution < -0.4 is 16.8 Å². The largest absolute Gasteiger partial charge is 0.464 e. The summed E-state index contributed by atoms with van der Waals surface area (Å²) in [5, 5.41) is 2.75. The fraction of sp³-hybridized carbons (Fsp3) is 0.875. The summed E-state index contributed by atoms with van der Waals surface area (Å²) in [5.74, 6) is -0.485. The van der Waals surface area contributed by atoms with Gasteiger partial charge in [0, 0.05) is 6.42 Å². The highest BCUT2D eigenvalue weighted by Gasteiger charge is 2.21. The summed E-state index contributed by atoms with van der Waals surface area (Å²) >= 11 is 0. The van der Waals surface area contributed by atoms with Gasteiger partial charge in [-0.3, -0.25) is 4.79 Å². The van der Waals surface area contributed by atoms with Crippen LogP contribution in [-0.4, -0.2) is 37.6 Å². The van der Waals surface area contributed by atoms with Crippen LogP contribution in [-0.2, 0) is 14.3 Å². The van der Waals surface area contributed by atoms with Gasteiger partial charge in [-0.1, -0.05) is 26.2 Å². The predicted octanol–water partition coefficient (Wildman–Crippen LogP) is 1.46. The molecule has 0 aliphatic rings. The average molecular weight is 315 g/mol. The highest BCUT2D eigenvalue weighted by Crippen LogP contribution is 2.05. The zero-order valence-electron chi connectivity index (χ0n) is 13.9. The van der Waals surface area contributed by atoms with E-state index in [0.717, 1.165) is 38.5 Å². The van der Waals surface area contributed by atoms with Crippen LogP contribution in [0.4, 0.5) is 0 Å². The molecule has 0 aromatic carbocycles. The molecule has 0 saturated carbocycles. The number of carbonyl (C=O) groups is 2. The first-order valence-corrected chi connectivity index (χ1v) is 8.51. The fourth-order valence-electron chi connectivity index (χ4n) is 2.07. The lowest BCUT2D eigenvalue weighted by Crippen LogP contribution is -2.42. The van der Waals surface area contributed by atoms with Gasteiger partial charge in [-0.15, -0.1) is 0 Å². The first-order chi connectivity index (χ1) is 10.7. The van der Waals surface area contributed by atoms with Crippen molar-refractivity contribution in [3.63, 3.8) is 0 Å². The minimum Gasteiger partial charge on any atom is -0.464 e. The van der Waals surface area contributed by atoms with Crippen molar-refractivity contribution in [3.8, 4) is 0 Å². The van der Waals surface area contributed by atoms with Crippen molar-refractivity contribution in [1.82, 2.24) is 5.32 Å². The molecule has 0 heterocycles. The van der Waals surface area contributed by atoms with Gasteiger partial charge in [-0.05, 0) is 45.2 Å². The Hall–Kier alpha value is -1.14. The molecule has 5 N–H and O–H groups in total. The van der Waals surface area contributed by atoms with Crippen molar-refractivity contribution in [2.45, 2.75) is 70.8 Å². The maximum atomic E-state index is 12.1. The zero-order valence-corrected chi connectivity index (χ0v) is 13.9. The van der Waals surface area contributed by atoms with Gasteiger partial charge in [0.1, 0.15) is 6.04 Å². The molecule has 6 nitrogen and oxygen atoms in total. The molecule has 0 aliphatic heterocycles. The molecule has 0 aromatic heterocycles. The molecular weight excluding hydrogens is 282 g/mol. The Bertz CT molecular complexity index is 298. The van der Waals surface area contributed by atoms with Crippen molar-refractivity contribution in [3.05, 3.63) is 0 Å². The molecule has 6 heteroatoms. The lowest BCUT2D eigenvalue weighted by molar-refractivity contribution is -0.148. The summed E-state index contributed by atoms with van der Waals surface area (Å²) in [5.41, 5.74) is 10.9. The van der Waals surface area contributed by atoms with Crippen molar-refractivity contribution >= 4 is 11.9 Å². The first-order valence-electron chi connectivity index (χ1n) is 8.51. The third-order valence-corrected chi connectivity index (χ3v) is 3.42. The van der Waals surface area contributed by atoms with Crippen molar-refractivity contribution in [2.24, 2.45) is 11.5 Å². The number of hydrogen-bond donors (Lipinski definition) is 3. The molecule has 1 atom stereocenters. The van der Waals surface area contributed by atoms with E-state index < -0.39 is 6.04 Å². The van der Waals surface area contributed by atoms with Crippen LogP contribution in [0.1, 0.15) is 64.7 Å². The number of ether oxygens (including phenoxy) is 1. The Morgan fingerprint density at radius 3 is 2.36 bits per heavy atom. The number of unbranched alkanes of at least 4 members (excludes halogenated alkanes) is 4. The van der Waals surface area contributed by atoms with Gasteiger partial charge in [0.25, 0.3) is 0 Å². The van der Waals surface area contributed by atoms with Crippen LogP contribution in [0.25, 0.3) is 0 Å². The lowest BCUT2D eigenvalue weighted by Gasteiger charge is -2.17. The van der Waals surface area contributed by atoms with Crippen molar-refractivity contribution < 1.29 is 14.3 Å². The van der Waals surface area contributed by atoms with Gasteiger partial charge < -0.3 is 21.5 Å². The highest BCUT2D eigenvalue weighted by atomic mass is 16.5. The molecule has 0 aliphatic carbocycles. The van der Waals surface area contributed by atoms with E-state index in [4.69, 9.17) is 16.2 Å². The Morgan fingerprint density at radius 2 is 1.73 bits per heavy atom. The molecule has 0 saturated heterocycles. The summed E-state index contributed by atoms with van der Waals surface area (Å²) in [4.78, 5) is 23.9. The van der Waals surface area contributed by atoms with E-state index >= 15 is 0 Å². The maximum Gasteiger partial charge on any atom is 0.328 e. The minimum absolute atomic E-state index is 0.147. The molecule has 1 amide bonds. The van der Waals surface area contributed by atoms with Crippen LogP contribution >= 0.6 is 0 Å². The van der Waals surface area contributed by atoms with Gasteiger partial charge in [0.15, 0.2) is 0 Å². The zero-order chi connectivity index (χ0) is 16.6. The summed E-state index contributed by atoms with van der Waals surface area (Å²) in [6, 6.07) is -0.567. The number of nitrogens with two attached hydrogens (primary N) is 2. The minimum atomic E-state index is -0.567. The maximum absolute atomic E-state index is 12.1. The Balaban J connectivity index is 4.18. The third kappa shape index (κ3) is 11.5. The molecular formula is C16H33N3O3. The molecule has 0 fully saturated rings. The monoisotopic (exact) mass is 315 g/mol. The number of amides is 1. The topological polar surface area (TPSA) is 107 Å². The van der Waals surface area contributed by atoms with E-state index in [1.807, 2.05) is 0 Å². The predicted molar refractivity (Wildman–Crippen MR) is 88.2 cm³/mol. The second-order valence-corrected chi connectivity index (χ2v) is 5.52. The third-order valence-electron chi connectivity index (χ3n) is 3.42. The number of nitrogens with one attached hydrogen (secondary N) is 1. The second-order valence-electron chi connectivity index (χ2n) is 5.52. The van der Waals surface area contributed by atoms with E-state index in [-0.39, 0.29) is 11.9 Å². The second kappa shape index (κ2) is 14.8. The van der Waals surface area contributed by atoms with Gasteiger partial charge in [0.2, 0.25) is 5.91 Å². The molecule has 0 aromatic rings. The van der Waals surface area contributed by atoms with E-state index in [1.165, 1.54) is 0 Å². The summed E-state index contributed by atoms with van der Waals surface area (Å²) in [6.07, 6.45) is 7.38. The molecule has 0 radical (unpaired) electrons. The molecule has 130 valence electrons. The average Bonchev–Trinajstić information content (AvgIpc) is 2.51. The molecule has 0 spiro atoms. The standard InChI is InChI=1S/C16H33N3O3/c1-2-3-4-7-13-22-16(21)14(9-5-6-11-17)19-15(20)10-8-12-18/h14H,2-13,17-18H2,1H3,(H,19,20)/t14-/m0/s1. The normalized spacial score (nSPS) is 12.0. The number of hydrogen-bond acceptors (Lipinski definition) is 5. The number of esters is 1. The van der Waals surface area contributed by atoms with Crippen LogP contribution in [0.5, 0.6) is 0 Å². The Kier molecular flexibility index (Phi) is 14.0. The summed E-state index contributed by atoms with van der Waals surface area (Å²) in [7, 11) is 0. The number of rotatable bonds is 14. The lowest BCUT2D eigenvalue weighted by atomic mass is 10.1. The molecule has 0 rings (SSSR count).